The van der Waals surface area contributed by atoms with E-state index < -0.39 is 0 Å². The van der Waals surface area contributed by atoms with Crippen LogP contribution in [0.2, 0.25) is 0 Å². The summed E-state index contributed by atoms with van der Waals surface area (Å²) in [4.78, 5) is 17.1. The lowest BCUT2D eigenvalue weighted by molar-refractivity contribution is -0.134. The number of carbonyl (C=O) groups excluding carboxylic acids is 1. The van der Waals surface area contributed by atoms with Gasteiger partial charge >= 0.3 is 0 Å². The maximum absolute atomic E-state index is 12.3. The third-order valence-corrected chi connectivity index (χ3v) is 4.60. The van der Waals surface area contributed by atoms with E-state index in [-0.39, 0.29) is 30.7 Å². The van der Waals surface area contributed by atoms with Gasteiger partial charge in [0, 0.05) is 31.6 Å². The normalized spacial score (nSPS) is 24.7. The highest BCUT2D eigenvalue weighted by Gasteiger charge is 2.27. The second kappa shape index (κ2) is 10.7. The molecule has 2 atom stereocenters. The largest absolute Gasteiger partial charge is 0.342 e. The summed E-state index contributed by atoms with van der Waals surface area (Å²) >= 11 is 0. The van der Waals surface area contributed by atoms with Crippen molar-refractivity contribution >= 4 is 30.7 Å². The number of likely N-dealkylation sites (tertiary alicyclic amines) is 2. The van der Waals surface area contributed by atoms with Crippen molar-refractivity contribution in [2.45, 2.75) is 45.1 Å². The van der Waals surface area contributed by atoms with E-state index in [0.29, 0.717) is 5.91 Å². The molecule has 0 spiro atoms. The Balaban J connectivity index is 0.00000200. The quantitative estimate of drug-likeness (QED) is 0.852. The number of hydrogen-bond acceptors (Lipinski definition) is 3. The molecule has 2 unspecified atom stereocenters. The lowest BCUT2D eigenvalue weighted by atomic mass is 10.1. The standard InChI is InChI=1S/C15H29N3O.2ClH/c1-13(12-16-2)15(19)18-10-5-6-14(7-11-18)17-8-3-4-9-17;;/h13-14,16H,3-12H2,1-2H3;2*1H. The molecule has 0 aromatic carbocycles. The molecule has 2 rings (SSSR count). The molecule has 2 saturated heterocycles. The molecule has 1 amide bonds. The Morgan fingerprint density at radius 3 is 2.38 bits per heavy atom. The third kappa shape index (κ3) is 5.93. The van der Waals surface area contributed by atoms with Crippen LogP contribution < -0.4 is 5.32 Å². The minimum Gasteiger partial charge on any atom is -0.342 e. The Bertz CT molecular complexity index is 299. The fraction of sp³-hybridized carbons (Fsp3) is 0.933. The van der Waals surface area contributed by atoms with Gasteiger partial charge in [-0.3, -0.25) is 4.79 Å². The van der Waals surface area contributed by atoms with Crippen LogP contribution in [0.1, 0.15) is 39.0 Å². The molecule has 126 valence electrons. The van der Waals surface area contributed by atoms with E-state index in [2.05, 4.69) is 15.1 Å². The molecule has 2 aliphatic heterocycles. The molecule has 4 nitrogen and oxygen atoms in total. The molecule has 21 heavy (non-hydrogen) atoms. The molecule has 1 N–H and O–H groups in total. The average molecular weight is 340 g/mol. The second-order valence-corrected chi connectivity index (χ2v) is 6.11. The Labute approximate surface area is 141 Å². The fourth-order valence-electron chi connectivity index (χ4n) is 3.48. The average Bonchev–Trinajstić information content (AvgIpc) is 2.83. The fourth-order valence-corrected chi connectivity index (χ4v) is 3.48. The van der Waals surface area contributed by atoms with Crippen LogP contribution in [0.25, 0.3) is 0 Å². The van der Waals surface area contributed by atoms with Crippen LogP contribution in [0.5, 0.6) is 0 Å². The first-order valence-corrected chi connectivity index (χ1v) is 7.90. The van der Waals surface area contributed by atoms with Gasteiger partial charge < -0.3 is 15.1 Å². The molecule has 0 bridgehead atoms. The summed E-state index contributed by atoms with van der Waals surface area (Å²) in [6, 6.07) is 0.722. The van der Waals surface area contributed by atoms with Gasteiger partial charge in [-0.2, -0.15) is 0 Å². The first-order valence-electron chi connectivity index (χ1n) is 7.90. The van der Waals surface area contributed by atoms with Gasteiger partial charge in [-0.1, -0.05) is 6.92 Å². The van der Waals surface area contributed by atoms with Gasteiger partial charge in [0.2, 0.25) is 5.91 Å². The summed E-state index contributed by atoms with van der Waals surface area (Å²) in [5.74, 6) is 0.435. The number of amides is 1. The van der Waals surface area contributed by atoms with Crippen LogP contribution in [0.15, 0.2) is 0 Å². The number of carbonyl (C=O) groups is 1. The van der Waals surface area contributed by atoms with E-state index in [1.165, 1.54) is 38.8 Å². The van der Waals surface area contributed by atoms with Gasteiger partial charge in [-0.15, -0.1) is 24.8 Å². The predicted octanol–water partition coefficient (Wildman–Crippen LogP) is 2.16. The van der Waals surface area contributed by atoms with Crippen molar-refractivity contribution in [3.05, 3.63) is 0 Å². The highest BCUT2D eigenvalue weighted by Crippen LogP contribution is 2.21. The van der Waals surface area contributed by atoms with Crippen molar-refractivity contribution in [2.24, 2.45) is 5.92 Å². The van der Waals surface area contributed by atoms with Gasteiger partial charge in [0.25, 0.3) is 0 Å². The third-order valence-electron chi connectivity index (χ3n) is 4.60. The molecule has 2 heterocycles. The molecule has 0 aromatic rings. The van der Waals surface area contributed by atoms with E-state index in [4.69, 9.17) is 0 Å². The first kappa shape index (κ1) is 21.0. The van der Waals surface area contributed by atoms with Crippen molar-refractivity contribution < 1.29 is 4.79 Å². The maximum atomic E-state index is 12.3. The van der Waals surface area contributed by atoms with Crippen LogP contribution in [-0.2, 0) is 4.79 Å². The van der Waals surface area contributed by atoms with E-state index in [1.807, 2.05) is 14.0 Å². The molecule has 0 aromatic heterocycles. The van der Waals surface area contributed by atoms with Crippen LogP contribution in [-0.4, -0.2) is 61.5 Å². The van der Waals surface area contributed by atoms with E-state index in [0.717, 1.165) is 32.1 Å². The Morgan fingerprint density at radius 2 is 1.76 bits per heavy atom. The smallest absolute Gasteiger partial charge is 0.226 e. The molecule has 2 aliphatic rings. The summed E-state index contributed by atoms with van der Waals surface area (Å²) in [6.45, 7) is 7.27. The van der Waals surface area contributed by atoms with Gasteiger partial charge in [0.1, 0.15) is 0 Å². The topological polar surface area (TPSA) is 35.6 Å². The molecule has 6 heteroatoms. The van der Waals surface area contributed by atoms with Gasteiger partial charge in [0.15, 0.2) is 0 Å². The second-order valence-electron chi connectivity index (χ2n) is 6.11. The highest BCUT2D eigenvalue weighted by atomic mass is 35.5. The highest BCUT2D eigenvalue weighted by molar-refractivity contribution is 5.85. The van der Waals surface area contributed by atoms with Gasteiger partial charge in [-0.25, -0.2) is 0 Å². The van der Waals surface area contributed by atoms with Crippen LogP contribution >= 0.6 is 24.8 Å². The summed E-state index contributed by atoms with van der Waals surface area (Å²) in [5.41, 5.74) is 0. The van der Waals surface area contributed by atoms with Crippen LogP contribution in [0.4, 0.5) is 0 Å². The van der Waals surface area contributed by atoms with Gasteiger partial charge in [0.05, 0.1) is 0 Å². The monoisotopic (exact) mass is 339 g/mol. The number of rotatable bonds is 4. The van der Waals surface area contributed by atoms with E-state index in [9.17, 15) is 4.79 Å². The molecule has 0 aliphatic carbocycles. The number of hydrogen-bond donors (Lipinski definition) is 1. The van der Waals surface area contributed by atoms with E-state index >= 15 is 0 Å². The summed E-state index contributed by atoms with van der Waals surface area (Å²) in [5, 5.41) is 3.10. The zero-order valence-corrected chi connectivity index (χ0v) is 15.0. The Hall–Kier alpha value is -0.0300. The van der Waals surface area contributed by atoms with Crippen molar-refractivity contribution in [3.8, 4) is 0 Å². The SMILES string of the molecule is CNCC(C)C(=O)N1CCCC(N2CCCC2)CC1.Cl.Cl. The molecule has 0 saturated carbocycles. The molecular weight excluding hydrogens is 309 g/mol. The van der Waals surface area contributed by atoms with Crippen LogP contribution in [0.3, 0.4) is 0 Å². The summed E-state index contributed by atoms with van der Waals surface area (Å²) < 4.78 is 0. The van der Waals surface area contributed by atoms with Crippen molar-refractivity contribution in [2.75, 3.05) is 39.8 Å². The van der Waals surface area contributed by atoms with E-state index in [1.54, 1.807) is 0 Å². The number of halogens is 2. The number of nitrogens with one attached hydrogen (secondary N) is 1. The Morgan fingerprint density at radius 1 is 1.10 bits per heavy atom. The predicted molar refractivity (Wildman–Crippen MR) is 92.6 cm³/mol. The van der Waals surface area contributed by atoms with Crippen molar-refractivity contribution in [1.82, 2.24) is 15.1 Å². The number of nitrogens with zero attached hydrogens (tertiary/aromatic N) is 2. The zero-order chi connectivity index (χ0) is 13.7. The molecular formula is C15H31Cl2N3O. The summed E-state index contributed by atoms with van der Waals surface area (Å²) in [6.07, 6.45) is 6.32. The Kier molecular flexibility index (Phi) is 10.6. The minimum absolute atomic E-state index is 0. The lowest BCUT2D eigenvalue weighted by Gasteiger charge is -2.27. The lowest BCUT2D eigenvalue weighted by Crippen LogP contribution is -2.40. The van der Waals surface area contributed by atoms with Gasteiger partial charge in [-0.05, 0) is 52.2 Å². The van der Waals surface area contributed by atoms with Crippen molar-refractivity contribution in [3.63, 3.8) is 0 Å². The maximum Gasteiger partial charge on any atom is 0.226 e. The minimum atomic E-state index is 0. The zero-order valence-electron chi connectivity index (χ0n) is 13.3. The molecule has 0 radical (unpaired) electrons. The summed E-state index contributed by atoms with van der Waals surface area (Å²) in [7, 11) is 1.91. The van der Waals surface area contributed by atoms with Crippen molar-refractivity contribution in [1.29, 1.82) is 0 Å². The first-order chi connectivity index (χ1) is 9.22. The molecule has 2 fully saturated rings. The van der Waals surface area contributed by atoms with Crippen LogP contribution in [0, 0.1) is 5.92 Å².